The second-order valence-corrected chi connectivity index (χ2v) is 4.74. The van der Waals surface area contributed by atoms with Crippen molar-refractivity contribution in [2.75, 3.05) is 0 Å². The van der Waals surface area contributed by atoms with Gasteiger partial charge in [0, 0.05) is 0 Å². The van der Waals surface area contributed by atoms with Crippen LogP contribution in [0.3, 0.4) is 0 Å². The van der Waals surface area contributed by atoms with Gasteiger partial charge in [-0.15, -0.1) is 37.9 Å². The van der Waals surface area contributed by atoms with E-state index in [1.807, 2.05) is 0 Å². The summed E-state index contributed by atoms with van der Waals surface area (Å²) in [6.45, 7) is 0. The molecule has 0 aromatic rings. The van der Waals surface area contributed by atoms with Gasteiger partial charge in [0.25, 0.3) is 0 Å². The second-order valence-electron chi connectivity index (χ2n) is 2.45. The molecule has 12 heavy (non-hydrogen) atoms. The fourth-order valence-corrected chi connectivity index (χ4v) is 1.91. The van der Waals surface area contributed by atoms with Crippen LogP contribution in [0.25, 0.3) is 0 Å². The molecule has 0 aromatic carbocycles. The van der Waals surface area contributed by atoms with Gasteiger partial charge in [0.1, 0.15) is 12.1 Å². The summed E-state index contributed by atoms with van der Waals surface area (Å²) >= 11 is 12.6. The van der Waals surface area contributed by atoms with Gasteiger partial charge in [0.2, 0.25) is 9.32 Å². The van der Waals surface area contributed by atoms with Crippen LogP contribution in [0.2, 0.25) is 0 Å². The number of fused-ring (bicyclic) bond motifs is 1. The average Bonchev–Trinajstić information content (AvgIpc) is 2.26. The van der Waals surface area contributed by atoms with Crippen LogP contribution in [0.15, 0.2) is 15.0 Å². The van der Waals surface area contributed by atoms with E-state index in [9.17, 15) is 0 Å². The Kier molecular flexibility index (Phi) is 1.80. The summed E-state index contributed by atoms with van der Waals surface area (Å²) in [5, 5.41) is 2.90. The summed E-state index contributed by atoms with van der Waals surface area (Å²) in [5.74, 6) is 0. The molecule has 1 atom stereocenters. The Morgan fingerprint density at radius 2 is 2.00 bits per heavy atom. The fraction of sp³-hybridized carbons (Fsp3) is 0.400. The maximum Gasteiger partial charge on any atom is 0.204 e. The van der Waals surface area contributed by atoms with E-state index in [1.54, 1.807) is 6.21 Å². The molecule has 0 aromatic heterocycles. The molecule has 2 aliphatic rings. The molecule has 1 N–H and O–H groups in total. The number of hydrogen-bond donors (Lipinski definition) is 4. The lowest BCUT2D eigenvalue weighted by Crippen LogP contribution is -2.55. The predicted octanol–water partition coefficient (Wildman–Crippen LogP) is 0.198. The Labute approximate surface area is 85.9 Å². The van der Waals surface area contributed by atoms with Crippen molar-refractivity contribution in [3.8, 4) is 0 Å². The van der Waals surface area contributed by atoms with Crippen LogP contribution in [0.1, 0.15) is 0 Å². The molecule has 7 heteroatoms. The molecule has 2 aliphatic heterocycles. The Bertz CT molecular complexity index is 308. The maximum absolute atomic E-state index is 4.29. The van der Waals surface area contributed by atoms with E-state index < -0.39 is 9.32 Å². The van der Waals surface area contributed by atoms with Gasteiger partial charge in [-0.2, -0.15) is 0 Å². The van der Waals surface area contributed by atoms with Crippen molar-refractivity contribution in [1.82, 2.24) is 5.32 Å². The lowest BCUT2D eigenvalue weighted by atomic mass is 10.3. The summed E-state index contributed by atoms with van der Waals surface area (Å²) in [6.07, 6.45) is 3.00. The van der Waals surface area contributed by atoms with Crippen LogP contribution >= 0.6 is 37.9 Å². The van der Waals surface area contributed by atoms with Crippen molar-refractivity contribution in [2.24, 2.45) is 15.0 Å². The minimum atomic E-state index is -0.928. The Morgan fingerprint density at radius 1 is 1.25 bits per heavy atom. The summed E-state index contributed by atoms with van der Waals surface area (Å²) in [5.41, 5.74) is 0.657. The predicted molar refractivity (Wildman–Crippen MR) is 60.0 cm³/mol. The van der Waals surface area contributed by atoms with Crippen molar-refractivity contribution in [3.05, 3.63) is 0 Å². The van der Waals surface area contributed by atoms with E-state index in [0.29, 0.717) is 5.71 Å². The van der Waals surface area contributed by atoms with Crippen LogP contribution in [-0.4, -0.2) is 27.6 Å². The summed E-state index contributed by atoms with van der Waals surface area (Å²) in [4.78, 5) is 11.2. The van der Waals surface area contributed by atoms with E-state index >= 15 is 0 Å². The smallest absolute Gasteiger partial charge is 0.204 e. The fourth-order valence-electron chi connectivity index (χ4n) is 0.968. The Hall–Kier alpha value is 0.0200. The van der Waals surface area contributed by atoms with Crippen LogP contribution in [0, 0.1) is 0 Å². The highest BCUT2D eigenvalue weighted by molar-refractivity contribution is 8.00. The first-order valence-corrected chi connectivity index (χ1v) is 4.50. The molecule has 1 unspecified atom stereocenters. The van der Waals surface area contributed by atoms with Gasteiger partial charge >= 0.3 is 0 Å². The molecule has 4 nitrogen and oxygen atoms in total. The molecule has 0 aliphatic carbocycles. The van der Waals surface area contributed by atoms with Crippen molar-refractivity contribution < 1.29 is 0 Å². The number of nitrogens with zero attached hydrogens (tertiary/aromatic N) is 3. The quantitative estimate of drug-likeness (QED) is 0.341. The minimum absolute atomic E-state index is 0.657. The van der Waals surface area contributed by atoms with E-state index in [4.69, 9.17) is 0 Å². The second kappa shape index (κ2) is 2.50. The standard InChI is InChI=1S/C5H6N4S3/c10-4-3(6-2-8-4)1-7-5(11,12)9-4/h1-2,9-12H. The van der Waals surface area contributed by atoms with Crippen LogP contribution in [0.5, 0.6) is 0 Å². The molecule has 0 amide bonds. The van der Waals surface area contributed by atoms with Crippen molar-refractivity contribution >= 4 is 56.2 Å². The third-order valence-electron chi connectivity index (χ3n) is 1.51. The molecule has 0 bridgehead atoms. The summed E-state index contributed by atoms with van der Waals surface area (Å²) in [7, 11) is 0. The monoisotopic (exact) mass is 218 g/mol. The van der Waals surface area contributed by atoms with Gasteiger partial charge in [-0.1, -0.05) is 0 Å². The highest BCUT2D eigenvalue weighted by atomic mass is 32.2. The van der Waals surface area contributed by atoms with Crippen molar-refractivity contribution in [3.63, 3.8) is 0 Å². The molecular formula is C5H6N4S3. The summed E-state index contributed by atoms with van der Waals surface area (Å²) < 4.78 is -0.928. The van der Waals surface area contributed by atoms with Crippen LogP contribution in [-0.2, 0) is 0 Å². The van der Waals surface area contributed by atoms with Gasteiger partial charge in [0.15, 0.2) is 0 Å². The Morgan fingerprint density at radius 3 is 2.75 bits per heavy atom. The number of nitrogens with one attached hydrogen (secondary N) is 1. The topological polar surface area (TPSA) is 49.1 Å². The van der Waals surface area contributed by atoms with E-state index in [1.165, 1.54) is 6.34 Å². The first-order chi connectivity index (χ1) is 5.52. The molecule has 2 heterocycles. The lowest BCUT2D eigenvalue weighted by Gasteiger charge is -2.33. The van der Waals surface area contributed by atoms with Gasteiger partial charge in [-0.05, 0) is 0 Å². The highest BCUT2D eigenvalue weighted by Gasteiger charge is 2.42. The molecule has 0 spiro atoms. The van der Waals surface area contributed by atoms with Gasteiger partial charge in [0.05, 0.1) is 6.21 Å². The molecule has 0 saturated carbocycles. The number of rotatable bonds is 0. The van der Waals surface area contributed by atoms with E-state index in [2.05, 4.69) is 58.2 Å². The molecule has 0 radical (unpaired) electrons. The lowest BCUT2D eigenvalue weighted by molar-refractivity contribution is 0.562. The molecule has 0 saturated heterocycles. The highest BCUT2D eigenvalue weighted by Crippen LogP contribution is 2.30. The van der Waals surface area contributed by atoms with E-state index in [0.717, 1.165) is 0 Å². The third-order valence-corrected chi connectivity index (χ3v) is 2.42. The third kappa shape index (κ3) is 1.30. The van der Waals surface area contributed by atoms with Crippen LogP contribution in [0.4, 0.5) is 0 Å². The normalized spacial score (nSPS) is 36.4. The zero-order chi connectivity index (χ0) is 8.82. The largest absolute Gasteiger partial charge is 0.248 e. The minimum Gasteiger partial charge on any atom is -0.248 e. The first kappa shape index (κ1) is 8.61. The number of hydrogen-bond acceptors (Lipinski definition) is 7. The van der Waals surface area contributed by atoms with Crippen LogP contribution < -0.4 is 5.32 Å². The van der Waals surface area contributed by atoms with Crippen molar-refractivity contribution in [1.29, 1.82) is 0 Å². The van der Waals surface area contributed by atoms with Gasteiger partial charge in [-0.3, -0.25) is 0 Å². The zero-order valence-electron chi connectivity index (χ0n) is 5.84. The Balaban J connectivity index is 2.41. The average molecular weight is 218 g/mol. The SMILES string of the molecule is SC1(S)N=CC2=NC=NC2(S)N1. The zero-order valence-corrected chi connectivity index (χ0v) is 8.52. The molecule has 2 rings (SSSR count). The first-order valence-electron chi connectivity index (χ1n) is 3.15. The molecule has 0 fully saturated rings. The molecule has 64 valence electrons. The molecular weight excluding hydrogens is 212 g/mol. The van der Waals surface area contributed by atoms with E-state index in [-0.39, 0.29) is 0 Å². The summed E-state index contributed by atoms with van der Waals surface area (Å²) in [6, 6.07) is 0. The van der Waals surface area contributed by atoms with Gasteiger partial charge < -0.3 is 0 Å². The number of thiol groups is 3. The van der Waals surface area contributed by atoms with Gasteiger partial charge in [-0.25, -0.2) is 20.3 Å². The number of aliphatic imine (C=N–C) groups is 3. The van der Waals surface area contributed by atoms with Crippen molar-refractivity contribution in [2.45, 2.75) is 9.32 Å². The maximum atomic E-state index is 4.29.